The molecule has 1 aliphatic heterocycles. The van der Waals surface area contributed by atoms with Gasteiger partial charge < -0.3 is 14.7 Å². The minimum Gasteiger partial charge on any atom is -0.618 e. The first-order valence-corrected chi connectivity index (χ1v) is 7.14. The maximum Gasteiger partial charge on any atom is 0.586 e. The molecule has 5 nitrogen and oxygen atoms in total. The molecule has 0 radical (unpaired) electrons. The molecule has 4 rings (SSSR count). The summed E-state index contributed by atoms with van der Waals surface area (Å²) in [5.41, 5.74) is -0.542. The molecule has 0 spiro atoms. The number of rotatable bonds is 1. The van der Waals surface area contributed by atoms with Gasteiger partial charge in [0.2, 0.25) is 11.7 Å². The molecule has 0 atom stereocenters. The molecule has 0 bridgehead atoms. The Morgan fingerprint density at radius 2 is 1.62 bits per heavy atom. The highest BCUT2D eigenvalue weighted by Crippen LogP contribution is 2.42. The number of halogens is 5. The summed E-state index contributed by atoms with van der Waals surface area (Å²) in [6, 6.07) is 6.21. The summed E-state index contributed by atoms with van der Waals surface area (Å²) in [6.45, 7) is 0. The number of benzene rings is 2. The standard InChI is InChI=1S/C16H7F5N2O3/c17-15(18,19)9-3-1-8(2-4-9)11-7-23(24)12-6-14-13(5-10(12)22-11)25-16(20,21)26-14/h1-7H. The van der Waals surface area contributed by atoms with E-state index < -0.39 is 18.0 Å². The largest absolute Gasteiger partial charge is 0.618 e. The van der Waals surface area contributed by atoms with E-state index in [2.05, 4.69) is 14.5 Å². The van der Waals surface area contributed by atoms with Crippen molar-refractivity contribution in [3.63, 3.8) is 0 Å². The SMILES string of the molecule is [O-][n+]1cc(-c2ccc(C(F)(F)F)cc2)nc2cc3c(cc21)OC(F)(F)O3. The zero-order valence-electron chi connectivity index (χ0n) is 12.6. The maximum atomic E-state index is 13.1. The van der Waals surface area contributed by atoms with Gasteiger partial charge in [0.25, 0.3) is 0 Å². The number of hydrogen-bond donors (Lipinski definition) is 0. The van der Waals surface area contributed by atoms with Crippen molar-refractivity contribution in [1.82, 2.24) is 4.98 Å². The summed E-state index contributed by atoms with van der Waals surface area (Å²) in [6.07, 6.45) is -7.30. The summed E-state index contributed by atoms with van der Waals surface area (Å²) in [5.74, 6) is -0.601. The lowest BCUT2D eigenvalue weighted by molar-refractivity contribution is -0.576. The van der Waals surface area contributed by atoms with E-state index in [4.69, 9.17) is 0 Å². The lowest BCUT2D eigenvalue weighted by Crippen LogP contribution is -2.27. The number of ether oxygens (including phenoxy) is 2. The van der Waals surface area contributed by atoms with Gasteiger partial charge in [0.15, 0.2) is 11.5 Å². The molecule has 0 aliphatic carbocycles. The molecule has 0 fully saturated rings. The van der Waals surface area contributed by atoms with Gasteiger partial charge in [-0.25, -0.2) is 4.98 Å². The van der Waals surface area contributed by atoms with Crippen molar-refractivity contribution in [2.24, 2.45) is 0 Å². The monoisotopic (exact) mass is 370 g/mol. The molecular formula is C16H7F5N2O3. The van der Waals surface area contributed by atoms with Crippen LogP contribution in [-0.2, 0) is 6.18 Å². The average Bonchev–Trinajstić information content (AvgIpc) is 2.85. The Bertz CT molecular complexity index is 1020. The smallest absolute Gasteiger partial charge is 0.586 e. The van der Waals surface area contributed by atoms with Crippen LogP contribution in [0.2, 0.25) is 0 Å². The quantitative estimate of drug-likeness (QED) is 0.371. The van der Waals surface area contributed by atoms with Crippen LogP contribution in [0, 0.1) is 5.21 Å². The first-order chi connectivity index (χ1) is 12.1. The van der Waals surface area contributed by atoms with Gasteiger partial charge in [-0.15, -0.1) is 8.78 Å². The van der Waals surface area contributed by atoms with E-state index in [1.807, 2.05) is 0 Å². The molecule has 0 saturated heterocycles. The Hall–Kier alpha value is -3.17. The van der Waals surface area contributed by atoms with Crippen LogP contribution in [0.5, 0.6) is 11.5 Å². The van der Waals surface area contributed by atoms with E-state index in [1.165, 1.54) is 0 Å². The fourth-order valence-corrected chi connectivity index (χ4v) is 2.55. The molecule has 26 heavy (non-hydrogen) atoms. The van der Waals surface area contributed by atoms with Crippen molar-refractivity contribution in [1.29, 1.82) is 0 Å². The molecule has 3 aromatic rings. The lowest BCUT2D eigenvalue weighted by Gasteiger charge is -2.08. The molecule has 134 valence electrons. The molecule has 0 saturated carbocycles. The van der Waals surface area contributed by atoms with Crippen LogP contribution in [0.1, 0.15) is 5.56 Å². The predicted octanol–water partition coefficient (Wildman–Crippen LogP) is 3.88. The Morgan fingerprint density at radius 3 is 2.23 bits per heavy atom. The highest BCUT2D eigenvalue weighted by atomic mass is 19.4. The van der Waals surface area contributed by atoms with Crippen molar-refractivity contribution in [2.45, 2.75) is 12.5 Å². The lowest BCUT2D eigenvalue weighted by atomic mass is 10.1. The van der Waals surface area contributed by atoms with E-state index in [0.717, 1.165) is 42.6 Å². The van der Waals surface area contributed by atoms with Gasteiger partial charge in [-0.2, -0.15) is 17.9 Å². The number of aromatic nitrogens is 2. The third kappa shape index (κ3) is 2.72. The molecule has 1 aliphatic rings. The van der Waals surface area contributed by atoms with Gasteiger partial charge in [-0.05, 0) is 12.1 Å². The predicted molar refractivity (Wildman–Crippen MR) is 77.3 cm³/mol. The Balaban J connectivity index is 1.79. The summed E-state index contributed by atoms with van der Waals surface area (Å²) in [4.78, 5) is 4.14. The average molecular weight is 370 g/mol. The van der Waals surface area contributed by atoms with Crippen molar-refractivity contribution in [3.05, 3.63) is 53.4 Å². The van der Waals surface area contributed by atoms with Crippen molar-refractivity contribution in [3.8, 4) is 22.8 Å². The van der Waals surface area contributed by atoms with E-state index in [1.54, 1.807) is 0 Å². The third-order valence-electron chi connectivity index (χ3n) is 3.72. The first kappa shape index (κ1) is 16.3. The van der Waals surface area contributed by atoms with Gasteiger partial charge in [-0.3, -0.25) is 0 Å². The van der Waals surface area contributed by atoms with E-state index in [-0.39, 0.29) is 33.8 Å². The molecular weight excluding hydrogens is 363 g/mol. The molecule has 2 heterocycles. The zero-order chi connectivity index (χ0) is 18.7. The molecule has 0 unspecified atom stereocenters. The van der Waals surface area contributed by atoms with Crippen molar-refractivity contribution in [2.75, 3.05) is 0 Å². The second kappa shape index (κ2) is 5.16. The highest BCUT2D eigenvalue weighted by molar-refractivity contribution is 5.78. The van der Waals surface area contributed by atoms with Crippen LogP contribution in [0.4, 0.5) is 22.0 Å². The number of fused-ring (bicyclic) bond motifs is 2. The van der Waals surface area contributed by atoms with Gasteiger partial charge in [0.1, 0.15) is 11.2 Å². The molecule has 10 heteroatoms. The van der Waals surface area contributed by atoms with Gasteiger partial charge in [0.05, 0.1) is 11.6 Å². The van der Waals surface area contributed by atoms with Crippen LogP contribution in [0.25, 0.3) is 22.3 Å². The minimum atomic E-state index is -4.49. The highest BCUT2D eigenvalue weighted by Gasteiger charge is 2.44. The van der Waals surface area contributed by atoms with Gasteiger partial charge >= 0.3 is 12.5 Å². The van der Waals surface area contributed by atoms with E-state index in [0.29, 0.717) is 4.73 Å². The Kier molecular flexibility index (Phi) is 3.24. The van der Waals surface area contributed by atoms with E-state index in [9.17, 15) is 27.2 Å². The molecule has 0 amide bonds. The van der Waals surface area contributed by atoms with Crippen LogP contribution >= 0.6 is 0 Å². The molecule has 1 aromatic heterocycles. The van der Waals surface area contributed by atoms with Crippen molar-refractivity contribution < 1.29 is 36.2 Å². The molecule has 0 N–H and O–H groups in total. The van der Waals surface area contributed by atoms with Gasteiger partial charge in [0, 0.05) is 11.6 Å². The number of nitrogens with zero attached hydrogens (tertiary/aromatic N) is 2. The second-order valence-electron chi connectivity index (χ2n) is 5.48. The normalized spacial score (nSPS) is 15.4. The first-order valence-electron chi connectivity index (χ1n) is 7.14. The summed E-state index contributed by atoms with van der Waals surface area (Å²) in [7, 11) is 0. The third-order valence-corrected chi connectivity index (χ3v) is 3.72. The van der Waals surface area contributed by atoms with Crippen LogP contribution < -0.4 is 14.2 Å². The van der Waals surface area contributed by atoms with Gasteiger partial charge in [-0.1, -0.05) is 12.1 Å². The van der Waals surface area contributed by atoms with Crippen molar-refractivity contribution >= 4 is 11.0 Å². The van der Waals surface area contributed by atoms with Crippen LogP contribution in [-0.4, -0.2) is 11.3 Å². The number of alkyl halides is 5. The second-order valence-corrected chi connectivity index (χ2v) is 5.48. The summed E-state index contributed by atoms with van der Waals surface area (Å²) < 4.78 is 73.1. The zero-order valence-corrected chi connectivity index (χ0v) is 12.6. The Morgan fingerprint density at radius 1 is 1.00 bits per heavy atom. The Labute approximate surface area is 141 Å². The van der Waals surface area contributed by atoms with E-state index >= 15 is 0 Å². The summed E-state index contributed by atoms with van der Waals surface area (Å²) >= 11 is 0. The number of hydrogen-bond acceptors (Lipinski definition) is 4. The van der Waals surface area contributed by atoms with Crippen LogP contribution in [0.3, 0.4) is 0 Å². The summed E-state index contributed by atoms with van der Waals surface area (Å²) in [5, 5.41) is 12.2. The maximum absolute atomic E-state index is 13.1. The fraction of sp³-hybridized carbons (Fsp3) is 0.125. The molecule has 2 aromatic carbocycles. The minimum absolute atomic E-state index is 0.0254. The fourth-order valence-electron chi connectivity index (χ4n) is 2.55. The topological polar surface area (TPSA) is 58.3 Å². The van der Waals surface area contributed by atoms with Crippen LogP contribution in [0.15, 0.2) is 42.6 Å².